The number of carbonyl (C=O) groups excluding carboxylic acids is 2. The van der Waals surface area contributed by atoms with Gasteiger partial charge in [-0.25, -0.2) is 0 Å². The summed E-state index contributed by atoms with van der Waals surface area (Å²) in [6.45, 7) is 2.33. The lowest BCUT2D eigenvalue weighted by atomic mass is 10.3. The van der Waals surface area contributed by atoms with Crippen molar-refractivity contribution >= 4 is 28.9 Å². The summed E-state index contributed by atoms with van der Waals surface area (Å²) in [5.41, 5.74) is 0.852. The molecule has 9 heteroatoms. The molecule has 0 radical (unpaired) electrons. The third-order valence-corrected chi connectivity index (χ3v) is 3.90. The molecule has 0 aliphatic carbocycles. The highest BCUT2D eigenvalue weighted by atomic mass is 16.6. The number of hydrogen-bond acceptors (Lipinski definition) is 6. The zero-order chi connectivity index (χ0) is 20.5. The Morgan fingerprint density at radius 3 is 2.18 bits per heavy atom. The molecule has 2 aromatic carbocycles. The third-order valence-electron chi connectivity index (χ3n) is 3.90. The minimum atomic E-state index is -0.530. The number of nitro benzene ring substituents is 1. The van der Waals surface area contributed by atoms with Gasteiger partial charge >= 0.3 is 0 Å². The number of methoxy groups -OCH3 is 1. The molecule has 0 aromatic heterocycles. The van der Waals surface area contributed by atoms with Gasteiger partial charge < -0.3 is 15.4 Å². The zero-order valence-electron chi connectivity index (χ0n) is 15.7. The Morgan fingerprint density at radius 1 is 1.04 bits per heavy atom. The van der Waals surface area contributed by atoms with E-state index < -0.39 is 4.92 Å². The van der Waals surface area contributed by atoms with Crippen LogP contribution in [0.15, 0.2) is 48.5 Å². The number of amides is 2. The van der Waals surface area contributed by atoms with Gasteiger partial charge in [0.1, 0.15) is 5.75 Å². The monoisotopic (exact) mass is 386 g/mol. The van der Waals surface area contributed by atoms with Crippen LogP contribution >= 0.6 is 0 Å². The van der Waals surface area contributed by atoms with Gasteiger partial charge in [-0.05, 0) is 36.9 Å². The van der Waals surface area contributed by atoms with E-state index in [1.807, 2.05) is 6.92 Å². The summed E-state index contributed by atoms with van der Waals surface area (Å²) in [7, 11) is 1.56. The van der Waals surface area contributed by atoms with Crippen LogP contribution in [0.4, 0.5) is 17.1 Å². The molecule has 148 valence electrons. The molecule has 9 nitrogen and oxygen atoms in total. The molecular formula is C19H22N4O5. The summed E-state index contributed by atoms with van der Waals surface area (Å²) in [6, 6.07) is 12.6. The first-order chi connectivity index (χ1) is 13.4. The molecule has 2 N–H and O–H groups in total. The molecular weight excluding hydrogens is 364 g/mol. The van der Waals surface area contributed by atoms with Crippen molar-refractivity contribution in [2.75, 3.05) is 37.4 Å². The molecule has 0 fully saturated rings. The Bertz CT molecular complexity index is 838. The van der Waals surface area contributed by atoms with E-state index in [2.05, 4.69) is 10.6 Å². The molecule has 0 atom stereocenters. The first kappa shape index (κ1) is 20.8. The van der Waals surface area contributed by atoms with Crippen molar-refractivity contribution in [1.29, 1.82) is 0 Å². The smallest absolute Gasteiger partial charge is 0.271 e. The van der Waals surface area contributed by atoms with Crippen molar-refractivity contribution < 1.29 is 19.2 Å². The fraction of sp³-hybridized carbons (Fsp3) is 0.263. The second kappa shape index (κ2) is 10.0. The summed E-state index contributed by atoms with van der Waals surface area (Å²) >= 11 is 0. The van der Waals surface area contributed by atoms with E-state index in [9.17, 15) is 19.7 Å². The van der Waals surface area contributed by atoms with Crippen LogP contribution < -0.4 is 15.4 Å². The Kier molecular flexibility index (Phi) is 7.46. The number of likely N-dealkylation sites (N-methyl/N-ethyl adjacent to an activating group) is 1. The van der Waals surface area contributed by atoms with Crippen LogP contribution in [0.3, 0.4) is 0 Å². The molecule has 0 aliphatic heterocycles. The summed E-state index contributed by atoms with van der Waals surface area (Å²) in [4.78, 5) is 36.3. The normalized spacial score (nSPS) is 10.4. The largest absolute Gasteiger partial charge is 0.497 e. The van der Waals surface area contributed by atoms with E-state index in [0.29, 0.717) is 23.7 Å². The van der Waals surface area contributed by atoms with E-state index in [4.69, 9.17) is 4.74 Å². The Morgan fingerprint density at radius 2 is 1.64 bits per heavy atom. The van der Waals surface area contributed by atoms with Gasteiger partial charge in [0.25, 0.3) is 5.69 Å². The molecule has 0 saturated heterocycles. The minimum Gasteiger partial charge on any atom is -0.497 e. The molecule has 0 spiro atoms. The second-order valence-electron chi connectivity index (χ2n) is 5.94. The Balaban J connectivity index is 1.88. The molecule has 0 heterocycles. The summed E-state index contributed by atoms with van der Waals surface area (Å²) in [5.74, 6) is 0.0702. The molecule has 0 unspecified atom stereocenters. The number of anilines is 2. The van der Waals surface area contributed by atoms with Crippen LogP contribution in [0.25, 0.3) is 0 Å². The second-order valence-corrected chi connectivity index (χ2v) is 5.94. The van der Waals surface area contributed by atoms with E-state index in [1.54, 1.807) is 42.3 Å². The maximum absolute atomic E-state index is 12.2. The van der Waals surface area contributed by atoms with Crippen LogP contribution in [-0.2, 0) is 9.59 Å². The van der Waals surface area contributed by atoms with Gasteiger partial charge in [-0.15, -0.1) is 0 Å². The topological polar surface area (TPSA) is 114 Å². The van der Waals surface area contributed by atoms with Gasteiger partial charge in [0.15, 0.2) is 0 Å². The van der Waals surface area contributed by atoms with Crippen molar-refractivity contribution in [3.05, 3.63) is 58.6 Å². The highest BCUT2D eigenvalue weighted by Gasteiger charge is 2.14. The van der Waals surface area contributed by atoms with Crippen LogP contribution in [-0.4, -0.2) is 48.4 Å². The SMILES string of the molecule is CCN(CC(=O)Nc1ccc(OC)cc1)CC(=O)Nc1cccc([N+](=O)[O-])c1. The molecule has 2 aromatic rings. The number of carbonyl (C=O) groups is 2. The molecule has 0 bridgehead atoms. The minimum absolute atomic E-state index is 0.0186. The number of hydrogen-bond donors (Lipinski definition) is 2. The van der Waals surface area contributed by atoms with Gasteiger partial charge in [-0.2, -0.15) is 0 Å². The van der Waals surface area contributed by atoms with Crippen LogP contribution in [0, 0.1) is 10.1 Å². The van der Waals surface area contributed by atoms with E-state index in [1.165, 1.54) is 18.2 Å². The Labute approximate surface area is 162 Å². The fourth-order valence-corrected chi connectivity index (χ4v) is 2.46. The van der Waals surface area contributed by atoms with Crippen molar-refractivity contribution in [2.45, 2.75) is 6.92 Å². The number of nitro groups is 1. The van der Waals surface area contributed by atoms with Crippen molar-refractivity contribution in [2.24, 2.45) is 0 Å². The number of rotatable bonds is 9. The van der Waals surface area contributed by atoms with Gasteiger partial charge in [0.2, 0.25) is 11.8 Å². The third kappa shape index (κ3) is 6.36. The zero-order valence-corrected chi connectivity index (χ0v) is 15.7. The first-order valence-electron chi connectivity index (χ1n) is 8.62. The number of nitrogens with one attached hydrogen (secondary N) is 2. The predicted octanol–water partition coefficient (Wildman–Crippen LogP) is 2.50. The van der Waals surface area contributed by atoms with E-state index in [-0.39, 0.29) is 30.6 Å². The quantitative estimate of drug-likeness (QED) is 0.506. The Hall–Kier alpha value is -3.46. The van der Waals surface area contributed by atoms with Crippen molar-refractivity contribution in [1.82, 2.24) is 4.90 Å². The lowest BCUT2D eigenvalue weighted by molar-refractivity contribution is -0.384. The highest BCUT2D eigenvalue weighted by molar-refractivity contribution is 5.94. The van der Waals surface area contributed by atoms with Gasteiger partial charge in [0, 0.05) is 23.5 Å². The van der Waals surface area contributed by atoms with Gasteiger partial charge in [-0.1, -0.05) is 13.0 Å². The first-order valence-corrected chi connectivity index (χ1v) is 8.62. The highest BCUT2D eigenvalue weighted by Crippen LogP contribution is 2.17. The summed E-state index contributed by atoms with van der Waals surface area (Å²) in [6.07, 6.45) is 0. The molecule has 2 amide bonds. The van der Waals surface area contributed by atoms with Crippen molar-refractivity contribution in [3.8, 4) is 5.75 Å². The number of benzene rings is 2. The lowest BCUT2D eigenvalue weighted by Gasteiger charge is -2.19. The van der Waals surface area contributed by atoms with Crippen molar-refractivity contribution in [3.63, 3.8) is 0 Å². The standard InChI is InChI=1S/C19H22N4O5/c1-3-22(12-18(24)20-14-7-9-17(28-2)10-8-14)13-19(25)21-15-5-4-6-16(11-15)23(26)27/h4-11H,3,12-13H2,1-2H3,(H,20,24)(H,21,25). The maximum Gasteiger partial charge on any atom is 0.271 e. The summed E-state index contributed by atoms with van der Waals surface area (Å²) < 4.78 is 5.07. The van der Waals surface area contributed by atoms with E-state index >= 15 is 0 Å². The molecule has 2 rings (SSSR count). The van der Waals surface area contributed by atoms with E-state index in [0.717, 1.165) is 0 Å². The maximum atomic E-state index is 12.2. The molecule has 0 saturated carbocycles. The van der Waals surface area contributed by atoms with Crippen LogP contribution in [0.1, 0.15) is 6.92 Å². The van der Waals surface area contributed by atoms with Gasteiger partial charge in [-0.3, -0.25) is 24.6 Å². The molecule has 28 heavy (non-hydrogen) atoms. The van der Waals surface area contributed by atoms with Gasteiger partial charge in [0.05, 0.1) is 25.1 Å². The fourth-order valence-electron chi connectivity index (χ4n) is 2.46. The van der Waals surface area contributed by atoms with Crippen LogP contribution in [0.2, 0.25) is 0 Å². The molecule has 0 aliphatic rings. The predicted molar refractivity (Wildman–Crippen MR) is 105 cm³/mol. The number of non-ortho nitro benzene ring substituents is 1. The average Bonchev–Trinajstić information content (AvgIpc) is 2.68. The average molecular weight is 386 g/mol. The lowest BCUT2D eigenvalue weighted by Crippen LogP contribution is -2.38. The van der Waals surface area contributed by atoms with Crippen LogP contribution in [0.5, 0.6) is 5.75 Å². The number of nitrogens with zero attached hydrogens (tertiary/aromatic N) is 2. The summed E-state index contributed by atoms with van der Waals surface area (Å²) in [5, 5.41) is 16.2. The number of ether oxygens (including phenoxy) is 1.